The van der Waals surface area contributed by atoms with E-state index in [-0.39, 0.29) is 63.4 Å². The first-order valence-electron chi connectivity index (χ1n) is 4.41. The molecule has 0 unspecified atom stereocenters. The molecule has 16 heavy (non-hydrogen) atoms. The molecule has 0 aromatic carbocycles. The molecule has 0 saturated heterocycles. The van der Waals surface area contributed by atoms with Crippen molar-refractivity contribution in [1.29, 1.82) is 0 Å². The first-order valence-corrected chi connectivity index (χ1v) is 4.41. The summed E-state index contributed by atoms with van der Waals surface area (Å²) in [6.07, 6.45) is 17.3. The van der Waals surface area contributed by atoms with Crippen molar-refractivity contribution in [3.8, 4) is 0 Å². The van der Waals surface area contributed by atoms with Crippen LogP contribution >= 0.6 is 0 Å². The van der Waals surface area contributed by atoms with Gasteiger partial charge in [-0.1, -0.05) is 48.6 Å². The van der Waals surface area contributed by atoms with E-state index < -0.39 is 0 Å². The molecule has 2 aliphatic rings. The molecule has 0 N–H and O–H groups in total. The molecular formula is C12H13Cl3Zr. The summed E-state index contributed by atoms with van der Waals surface area (Å²) in [6, 6.07) is 0. The second-order valence-electron chi connectivity index (χ2n) is 3.36. The molecule has 0 saturated carbocycles. The molecule has 0 fully saturated rings. The number of hydrogen-bond acceptors (Lipinski definition) is 0. The average molecular weight is 355 g/mol. The largest absolute Gasteiger partial charge is 4.00 e. The van der Waals surface area contributed by atoms with Gasteiger partial charge in [-0.05, 0) is 11.8 Å². The Hall–Kier alpha value is 0.713. The minimum absolute atomic E-state index is 0. The van der Waals surface area contributed by atoms with Gasteiger partial charge >= 0.3 is 26.2 Å². The molecule has 0 atom stereocenters. The standard InChI is InChI=1S/C12H13.3ClH.Zr/c1-10(11-6-2-3-7-11)12-8-4-5-9-12;;;;/h2-12H,1H2;3*1H;/q-1;;;;+4/p-3. The minimum atomic E-state index is 0. The van der Waals surface area contributed by atoms with Gasteiger partial charge in [0.25, 0.3) is 0 Å². The maximum Gasteiger partial charge on any atom is 4.00 e. The van der Waals surface area contributed by atoms with Crippen molar-refractivity contribution >= 4 is 0 Å². The smallest absolute Gasteiger partial charge is 1.00 e. The maximum absolute atomic E-state index is 4.20. The summed E-state index contributed by atoms with van der Waals surface area (Å²) in [7, 11) is 0. The predicted molar refractivity (Wildman–Crippen MR) is 52.4 cm³/mol. The Labute approximate surface area is 136 Å². The minimum Gasteiger partial charge on any atom is -1.00 e. The van der Waals surface area contributed by atoms with Gasteiger partial charge in [0.2, 0.25) is 0 Å². The Morgan fingerprint density at radius 3 is 1.19 bits per heavy atom. The van der Waals surface area contributed by atoms with E-state index in [2.05, 4.69) is 55.5 Å². The van der Waals surface area contributed by atoms with Gasteiger partial charge in [-0.2, -0.15) is 0 Å². The topological polar surface area (TPSA) is 0 Å². The molecular weight excluding hydrogens is 342 g/mol. The molecule has 0 nitrogen and oxygen atoms in total. The van der Waals surface area contributed by atoms with Crippen LogP contribution in [-0.2, 0) is 26.2 Å². The van der Waals surface area contributed by atoms with Gasteiger partial charge in [-0.15, -0.1) is 5.92 Å². The van der Waals surface area contributed by atoms with Crippen LogP contribution in [0.5, 0.6) is 0 Å². The van der Waals surface area contributed by atoms with Gasteiger partial charge in [0.1, 0.15) is 0 Å². The van der Waals surface area contributed by atoms with Gasteiger partial charge in [-0.25, -0.2) is 0 Å². The summed E-state index contributed by atoms with van der Waals surface area (Å²) in [4.78, 5) is 0. The van der Waals surface area contributed by atoms with E-state index >= 15 is 0 Å². The summed E-state index contributed by atoms with van der Waals surface area (Å²) in [6.45, 7) is 4.20. The van der Waals surface area contributed by atoms with Gasteiger partial charge < -0.3 is 44.1 Å². The van der Waals surface area contributed by atoms with E-state index in [4.69, 9.17) is 0 Å². The molecule has 0 amide bonds. The number of allylic oxidation sites excluding steroid dienone is 8. The number of hydrogen-bond donors (Lipinski definition) is 0. The number of halogens is 3. The molecule has 0 heterocycles. The van der Waals surface area contributed by atoms with Crippen molar-refractivity contribution in [2.24, 2.45) is 17.8 Å². The SMILES string of the molecule is [CH2-]C(C1C=CC=C1)C1C=CC=C1.[Cl-].[Cl-].[Cl-].[Zr+4]. The van der Waals surface area contributed by atoms with Crippen molar-refractivity contribution in [3.63, 3.8) is 0 Å². The third kappa shape index (κ3) is 5.36. The van der Waals surface area contributed by atoms with Crippen LogP contribution in [0, 0.1) is 24.7 Å². The fourth-order valence-electron chi connectivity index (χ4n) is 1.73. The van der Waals surface area contributed by atoms with Gasteiger partial charge in [0.15, 0.2) is 0 Å². The Kier molecular flexibility index (Phi) is 14.9. The van der Waals surface area contributed by atoms with Crippen molar-refractivity contribution in [1.82, 2.24) is 0 Å². The molecule has 2 rings (SSSR count). The summed E-state index contributed by atoms with van der Waals surface area (Å²) < 4.78 is 0. The normalized spacial score (nSPS) is 16.6. The van der Waals surface area contributed by atoms with Crippen LogP contribution in [0.4, 0.5) is 0 Å². The predicted octanol–water partition coefficient (Wildman–Crippen LogP) is -6.07. The second kappa shape index (κ2) is 10.8. The van der Waals surface area contributed by atoms with Gasteiger partial charge in [0, 0.05) is 0 Å². The van der Waals surface area contributed by atoms with E-state index in [9.17, 15) is 0 Å². The second-order valence-corrected chi connectivity index (χ2v) is 3.36. The third-order valence-electron chi connectivity index (χ3n) is 2.54. The zero-order chi connectivity index (χ0) is 8.39. The zero-order valence-electron chi connectivity index (χ0n) is 8.69. The molecule has 0 aromatic rings. The molecule has 0 aliphatic heterocycles. The molecule has 0 aromatic heterocycles. The zero-order valence-corrected chi connectivity index (χ0v) is 13.4. The molecule has 86 valence electrons. The maximum atomic E-state index is 4.20. The molecule has 2 aliphatic carbocycles. The van der Waals surface area contributed by atoms with Gasteiger partial charge in [-0.3, -0.25) is 0 Å². The number of rotatable bonds is 2. The van der Waals surface area contributed by atoms with Gasteiger partial charge in [0.05, 0.1) is 0 Å². The van der Waals surface area contributed by atoms with E-state index in [1.165, 1.54) is 0 Å². The molecule has 4 heteroatoms. The van der Waals surface area contributed by atoms with E-state index in [0.717, 1.165) is 0 Å². The summed E-state index contributed by atoms with van der Waals surface area (Å²) in [5.41, 5.74) is 0. The molecule has 0 radical (unpaired) electrons. The first-order chi connectivity index (χ1) is 5.88. The Morgan fingerprint density at radius 1 is 0.688 bits per heavy atom. The Balaban J connectivity index is -0.000000422. The molecule has 0 bridgehead atoms. The first kappa shape index (κ1) is 21.9. The van der Waals surface area contributed by atoms with Crippen LogP contribution in [-0.4, -0.2) is 0 Å². The average Bonchev–Trinajstić information content (AvgIpc) is 2.77. The van der Waals surface area contributed by atoms with Crippen LogP contribution in [0.15, 0.2) is 48.6 Å². The van der Waals surface area contributed by atoms with Crippen LogP contribution in [0.1, 0.15) is 0 Å². The van der Waals surface area contributed by atoms with E-state index in [1.807, 2.05) is 0 Å². The molecule has 0 spiro atoms. The third-order valence-corrected chi connectivity index (χ3v) is 2.54. The monoisotopic (exact) mass is 352 g/mol. The van der Waals surface area contributed by atoms with Crippen molar-refractivity contribution < 1.29 is 63.4 Å². The van der Waals surface area contributed by atoms with Crippen LogP contribution in [0.2, 0.25) is 0 Å². The summed E-state index contributed by atoms with van der Waals surface area (Å²) >= 11 is 0. The van der Waals surface area contributed by atoms with Crippen LogP contribution < -0.4 is 37.2 Å². The van der Waals surface area contributed by atoms with E-state index in [0.29, 0.717) is 17.8 Å². The Morgan fingerprint density at radius 2 is 0.938 bits per heavy atom. The van der Waals surface area contributed by atoms with Crippen LogP contribution in [0.25, 0.3) is 0 Å². The van der Waals surface area contributed by atoms with Crippen LogP contribution in [0.3, 0.4) is 0 Å². The Bertz CT molecular complexity index is 230. The van der Waals surface area contributed by atoms with E-state index in [1.54, 1.807) is 0 Å². The fourth-order valence-corrected chi connectivity index (χ4v) is 1.73. The quantitative estimate of drug-likeness (QED) is 0.433. The van der Waals surface area contributed by atoms with Crippen molar-refractivity contribution in [2.75, 3.05) is 0 Å². The van der Waals surface area contributed by atoms with Crippen molar-refractivity contribution in [3.05, 3.63) is 55.5 Å². The van der Waals surface area contributed by atoms with Crippen molar-refractivity contribution in [2.45, 2.75) is 0 Å². The fraction of sp³-hybridized carbons (Fsp3) is 0.250. The summed E-state index contributed by atoms with van der Waals surface area (Å²) in [5, 5.41) is 0. The summed E-state index contributed by atoms with van der Waals surface area (Å²) in [5.74, 6) is 1.51.